The Morgan fingerprint density at radius 2 is 2.06 bits per heavy atom. The van der Waals surface area contributed by atoms with Crippen LogP contribution in [0.2, 0.25) is 10.0 Å². The van der Waals surface area contributed by atoms with E-state index in [0.29, 0.717) is 22.0 Å². The molecule has 0 spiro atoms. The molecule has 0 amide bonds. The van der Waals surface area contributed by atoms with E-state index in [2.05, 4.69) is 0 Å². The number of aliphatic hydroxyl groups excluding tert-OH is 1. The van der Waals surface area contributed by atoms with Crippen LogP contribution in [0, 0.1) is 0 Å². The first-order chi connectivity index (χ1) is 8.58. The molecule has 18 heavy (non-hydrogen) atoms. The second-order valence-electron chi connectivity index (χ2n) is 3.79. The van der Waals surface area contributed by atoms with Crippen LogP contribution in [0.5, 0.6) is 0 Å². The predicted octanol–water partition coefficient (Wildman–Crippen LogP) is 3.84. The largest absolute Gasteiger partial charge is 0.385 e. The van der Waals surface area contributed by atoms with Crippen LogP contribution >= 0.6 is 34.5 Å². The molecule has 1 unspecified atom stereocenters. The molecule has 0 saturated heterocycles. The van der Waals surface area contributed by atoms with Gasteiger partial charge in [0, 0.05) is 16.9 Å². The fourth-order valence-corrected chi connectivity index (χ4v) is 2.60. The number of carbonyl (C=O) groups excluding carboxylic acids is 1. The summed E-state index contributed by atoms with van der Waals surface area (Å²) in [5.74, 6) is -0.345. The maximum Gasteiger partial charge on any atom is 0.191 e. The highest BCUT2D eigenvalue weighted by Crippen LogP contribution is 2.23. The fraction of sp³-hybridized carbons (Fsp3) is 0.154. The molecule has 0 fully saturated rings. The first-order valence-electron chi connectivity index (χ1n) is 5.27. The summed E-state index contributed by atoms with van der Waals surface area (Å²) in [5, 5.41) is 12.5. The Morgan fingerprint density at radius 3 is 2.67 bits per heavy atom. The lowest BCUT2D eigenvalue weighted by molar-refractivity contribution is 0.0749. The van der Waals surface area contributed by atoms with Crippen molar-refractivity contribution < 1.29 is 9.90 Å². The smallest absolute Gasteiger partial charge is 0.191 e. The minimum atomic E-state index is -1.05. The summed E-state index contributed by atoms with van der Waals surface area (Å²) in [5.41, 5.74) is 0.369. The number of rotatable bonds is 4. The van der Waals surface area contributed by atoms with Crippen molar-refractivity contribution in [3.63, 3.8) is 0 Å². The van der Waals surface area contributed by atoms with Crippen molar-refractivity contribution in [2.75, 3.05) is 0 Å². The Kier molecular flexibility index (Phi) is 4.40. The Balaban J connectivity index is 2.12. The molecular formula is C13H10Cl2O2S. The monoisotopic (exact) mass is 300 g/mol. The van der Waals surface area contributed by atoms with Gasteiger partial charge in [0.1, 0.15) is 6.10 Å². The molecule has 2 nitrogen and oxygen atoms in total. The van der Waals surface area contributed by atoms with Gasteiger partial charge < -0.3 is 5.11 Å². The molecule has 0 aliphatic carbocycles. The minimum absolute atomic E-state index is 0.311. The molecule has 1 aromatic heterocycles. The summed E-state index contributed by atoms with van der Waals surface area (Å²) in [6, 6.07) is 8.36. The lowest BCUT2D eigenvalue weighted by Crippen LogP contribution is -2.22. The SMILES string of the molecule is O=C(c1ccc(Cl)c(Cl)c1)C(O)Cc1cccs1. The number of benzene rings is 1. The zero-order valence-corrected chi connectivity index (χ0v) is 11.6. The van der Waals surface area contributed by atoms with Crippen LogP contribution in [-0.4, -0.2) is 17.0 Å². The first-order valence-corrected chi connectivity index (χ1v) is 6.91. The summed E-state index contributed by atoms with van der Waals surface area (Å²) in [7, 11) is 0. The molecule has 1 heterocycles. The first kappa shape index (κ1) is 13.6. The summed E-state index contributed by atoms with van der Waals surface area (Å²) >= 11 is 13.1. The van der Waals surface area contributed by atoms with E-state index in [1.165, 1.54) is 17.4 Å². The molecule has 1 atom stereocenters. The molecule has 1 N–H and O–H groups in total. The van der Waals surface area contributed by atoms with E-state index >= 15 is 0 Å². The molecule has 94 valence electrons. The Hall–Kier alpha value is -0.870. The van der Waals surface area contributed by atoms with Gasteiger partial charge in [-0.15, -0.1) is 11.3 Å². The highest BCUT2D eigenvalue weighted by atomic mass is 35.5. The van der Waals surface area contributed by atoms with E-state index in [-0.39, 0.29) is 5.78 Å². The van der Waals surface area contributed by atoms with Gasteiger partial charge in [-0.25, -0.2) is 0 Å². The highest BCUT2D eigenvalue weighted by Gasteiger charge is 2.18. The molecular weight excluding hydrogens is 291 g/mol. The quantitative estimate of drug-likeness (QED) is 0.871. The number of Topliss-reactive ketones (excluding diaryl/α,β-unsaturated/α-hetero) is 1. The summed E-state index contributed by atoms with van der Waals surface area (Å²) < 4.78 is 0. The van der Waals surface area contributed by atoms with E-state index in [9.17, 15) is 9.90 Å². The number of carbonyl (C=O) groups is 1. The van der Waals surface area contributed by atoms with Gasteiger partial charge in [0.15, 0.2) is 5.78 Å². The van der Waals surface area contributed by atoms with Gasteiger partial charge in [-0.05, 0) is 29.6 Å². The van der Waals surface area contributed by atoms with Crippen molar-refractivity contribution in [1.82, 2.24) is 0 Å². The van der Waals surface area contributed by atoms with Crippen LogP contribution in [0.4, 0.5) is 0 Å². The van der Waals surface area contributed by atoms with Crippen LogP contribution in [-0.2, 0) is 6.42 Å². The molecule has 1 aromatic carbocycles. The molecule has 2 aromatic rings. The van der Waals surface area contributed by atoms with Gasteiger partial charge in [0.2, 0.25) is 0 Å². The van der Waals surface area contributed by atoms with Crippen molar-refractivity contribution in [1.29, 1.82) is 0 Å². The fourth-order valence-electron chi connectivity index (χ4n) is 1.55. The summed E-state index contributed by atoms with van der Waals surface area (Å²) in [6.07, 6.45) is -0.739. The Bertz CT molecular complexity index is 552. The number of ketones is 1. The molecule has 2 rings (SSSR count). The number of hydrogen-bond acceptors (Lipinski definition) is 3. The maximum atomic E-state index is 12.0. The van der Waals surface area contributed by atoms with Gasteiger partial charge in [0.05, 0.1) is 10.0 Å². The van der Waals surface area contributed by atoms with Gasteiger partial charge in [-0.3, -0.25) is 4.79 Å². The van der Waals surface area contributed by atoms with E-state index in [1.54, 1.807) is 12.1 Å². The third-order valence-corrected chi connectivity index (χ3v) is 4.12. The number of aliphatic hydroxyl groups is 1. The minimum Gasteiger partial charge on any atom is -0.385 e. The van der Waals surface area contributed by atoms with Gasteiger partial charge in [-0.2, -0.15) is 0 Å². The van der Waals surface area contributed by atoms with E-state index < -0.39 is 6.10 Å². The Morgan fingerprint density at radius 1 is 1.28 bits per heavy atom. The van der Waals surface area contributed by atoms with Crippen LogP contribution in [0.15, 0.2) is 35.7 Å². The van der Waals surface area contributed by atoms with Crippen molar-refractivity contribution in [3.05, 3.63) is 56.2 Å². The van der Waals surface area contributed by atoms with Crippen molar-refractivity contribution in [3.8, 4) is 0 Å². The third kappa shape index (κ3) is 3.12. The molecule has 0 aliphatic heterocycles. The lowest BCUT2D eigenvalue weighted by atomic mass is 10.0. The topological polar surface area (TPSA) is 37.3 Å². The zero-order chi connectivity index (χ0) is 13.1. The van der Waals surface area contributed by atoms with E-state index in [0.717, 1.165) is 4.88 Å². The summed E-state index contributed by atoms with van der Waals surface area (Å²) in [6.45, 7) is 0. The van der Waals surface area contributed by atoms with E-state index in [1.807, 2.05) is 17.5 Å². The van der Waals surface area contributed by atoms with Crippen LogP contribution in [0.1, 0.15) is 15.2 Å². The van der Waals surface area contributed by atoms with Crippen LogP contribution in [0.3, 0.4) is 0 Å². The van der Waals surface area contributed by atoms with Gasteiger partial charge in [0.25, 0.3) is 0 Å². The van der Waals surface area contributed by atoms with Crippen molar-refractivity contribution in [2.45, 2.75) is 12.5 Å². The van der Waals surface area contributed by atoms with Gasteiger partial charge >= 0.3 is 0 Å². The predicted molar refractivity (Wildman–Crippen MR) is 74.8 cm³/mol. The molecule has 0 bridgehead atoms. The highest BCUT2D eigenvalue weighted by molar-refractivity contribution is 7.09. The number of halogens is 2. The average Bonchev–Trinajstić information content (AvgIpc) is 2.84. The molecule has 0 saturated carbocycles. The van der Waals surface area contributed by atoms with Crippen LogP contribution in [0.25, 0.3) is 0 Å². The normalized spacial score (nSPS) is 12.4. The molecule has 0 aliphatic rings. The maximum absolute atomic E-state index is 12.0. The standard InChI is InChI=1S/C13H10Cl2O2S/c14-10-4-3-8(6-11(10)15)13(17)12(16)7-9-2-1-5-18-9/h1-6,12,16H,7H2. The van der Waals surface area contributed by atoms with E-state index in [4.69, 9.17) is 23.2 Å². The number of hydrogen-bond donors (Lipinski definition) is 1. The van der Waals surface area contributed by atoms with Gasteiger partial charge in [-0.1, -0.05) is 29.3 Å². The third-order valence-electron chi connectivity index (χ3n) is 2.48. The average molecular weight is 301 g/mol. The van der Waals surface area contributed by atoms with Crippen molar-refractivity contribution in [2.24, 2.45) is 0 Å². The lowest BCUT2D eigenvalue weighted by Gasteiger charge is -2.09. The van der Waals surface area contributed by atoms with Crippen molar-refractivity contribution >= 4 is 40.3 Å². The zero-order valence-electron chi connectivity index (χ0n) is 9.27. The van der Waals surface area contributed by atoms with Crippen LogP contribution < -0.4 is 0 Å². The second kappa shape index (κ2) is 5.85. The number of thiophene rings is 1. The Labute approximate surface area is 119 Å². The summed E-state index contributed by atoms with van der Waals surface area (Å²) in [4.78, 5) is 13.0. The molecule has 0 radical (unpaired) electrons. The molecule has 5 heteroatoms. The second-order valence-corrected chi connectivity index (χ2v) is 5.64.